The Bertz CT molecular complexity index is 244. The zero-order valence-corrected chi connectivity index (χ0v) is 13.1. The van der Waals surface area contributed by atoms with Crippen LogP contribution >= 0.6 is 0 Å². The number of hydrogen-bond acceptors (Lipinski definition) is 0. The lowest BCUT2D eigenvalue weighted by Gasteiger charge is -2.33. The van der Waals surface area contributed by atoms with Gasteiger partial charge in [-0.1, -0.05) is 66.2 Å². The molecule has 2 aliphatic rings. The topological polar surface area (TPSA) is 0 Å². The van der Waals surface area contributed by atoms with Crippen LogP contribution in [0.1, 0.15) is 79.1 Å². The zero-order valence-electron chi connectivity index (χ0n) is 13.1. The van der Waals surface area contributed by atoms with E-state index in [9.17, 15) is 0 Å². The second-order valence-corrected chi connectivity index (χ2v) is 7.68. The van der Waals surface area contributed by atoms with Gasteiger partial charge in [0.15, 0.2) is 0 Å². The van der Waals surface area contributed by atoms with E-state index in [0.29, 0.717) is 0 Å². The summed E-state index contributed by atoms with van der Waals surface area (Å²) >= 11 is 0. The molecule has 2 aliphatic carbocycles. The Morgan fingerprint density at radius 2 is 0.889 bits per heavy atom. The first-order valence-electron chi connectivity index (χ1n) is 8.59. The maximum Gasteiger partial charge on any atom is -0.0357 e. The fourth-order valence-electron chi connectivity index (χ4n) is 4.67. The molecule has 0 N–H and O–H groups in total. The first-order chi connectivity index (χ1) is 8.59. The lowest BCUT2D eigenvalue weighted by molar-refractivity contribution is 0.161. The molecule has 6 atom stereocenters. The molecule has 106 valence electrons. The molecule has 0 aromatic heterocycles. The molecule has 0 bridgehead atoms. The number of rotatable bonds is 0. The third kappa shape index (κ3) is 3.31. The van der Waals surface area contributed by atoms with Gasteiger partial charge in [-0.3, -0.25) is 0 Å². The lowest BCUT2D eigenvalue weighted by atomic mass is 9.72. The van der Waals surface area contributed by atoms with Crippen molar-refractivity contribution in [2.75, 3.05) is 0 Å². The van der Waals surface area contributed by atoms with Gasteiger partial charge in [-0.05, 0) is 48.3 Å². The standard InChI is InChI=1S/C18H34/c1-13-9-10-16(4)17-8-6-5-7-15(3)18(17)12-11-14(13)2/h13-18H,5-12H2,1-4H3/t13-,14+,15+,16+,17+,18?/m1/s1. The molecule has 0 nitrogen and oxygen atoms in total. The van der Waals surface area contributed by atoms with Crippen molar-refractivity contribution in [1.29, 1.82) is 0 Å². The van der Waals surface area contributed by atoms with Gasteiger partial charge < -0.3 is 0 Å². The van der Waals surface area contributed by atoms with Gasteiger partial charge in [-0.25, -0.2) is 0 Å². The third-order valence-electron chi connectivity index (χ3n) is 6.46. The maximum atomic E-state index is 2.55. The molecule has 0 spiro atoms. The van der Waals surface area contributed by atoms with E-state index in [1.165, 1.54) is 51.4 Å². The monoisotopic (exact) mass is 250 g/mol. The van der Waals surface area contributed by atoms with Gasteiger partial charge >= 0.3 is 0 Å². The van der Waals surface area contributed by atoms with E-state index in [0.717, 1.165) is 35.5 Å². The molecule has 0 aromatic carbocycles. The second kappa shape index (κ2) is 6.44. The molecule has 0 aromatic rings. The Kier molecular flexibility index (Phi) is 5.15. The van der Waals surface area contributed by atoms with Crippen LogP contribution in [0.2, 0.25) is 0 Å². The van der Waals surface area contributed by atoms with Crippen molar-refractivity contribution in [3.05, 3.63) is 0 Å². The predicted octanol–water partition coefficient (Wildman–Crippen LogP) is 5.91. The average Bonchev–Trinajstić information content (AvgIpc) is 2.51. The summed E-state index contributed by atoms with van der Waals surface area (Å²) in [6.07, 6.45) is 12.0. The molecule has 1 unspecified atom stereocenters. The molecule has 2 rings (SSSR count). The summed E-state index contributed by atoms with van der Waals surface area (Å²) in [7, 11) is 0. The Balaban J connectivity index is 2.12. The van der Waals surface area contributed by atoms with Crippen LogP contribution in [0.25, 0.3) is 0 Å². The van der Waals surface area contributed by atoms with E-state index >= 15 is 0 Å². The van der Waals surface area contributed by atoms with E-state index in [-0.39, 0.29) is 0 Å². The van der Waals surface area contributed by atoms with Crippen LogP contribution < -0.4 is 0 Å². The fraction of sp³-hybridized carbons (Fsp3) is 1.00. The number of hydrogen-bond donors (Lipinski definition) is 0. The predicted molar refractivity (Wildman–Crippen MR) is 80.6 cm³/mol. The molecule has 18 heavy (non-hydrogen) atoms. The van der Waals surface area contributed by atoms with Crippen LogP contribution in [0.5, 0.6) is 0 Å². The summed E-state index contributed by atoms with van der Waals surface area (Å²) in [5.41, 5.74) is 0. The number of fused-ring (bicyclic) bond motifs is 1. The average molecular weight is 250 g/mol. The van der Waals surface area contributed by atoms with Crippen molar-refractivity contribution in [3.8, 4) is 0 Å². The van der Waals surface area contributed by atoms with Gasteiger partial charge in [-0.15, -0.1) is 0 Å². The Labute approximate surface area is 115 Å². The Morgan fingerprint density at radius 1 is 0.444 bits per heavy atom. The molecule has 0 heterocycles. The van der Waals surface area contributed by atoms with E-state index in [1.54, 1.807) is 0 Å². The first-order valence-corrected chi connectivity index (χ1v) is 8.59. The van der Waals surface area contributed by atoms with Crippen LogP contribution in [-0.2, 0) is 0 Å². The largest absolute Gasteiger partial charge is 0.0623 e. The van der Waals surface area contributed by atoms with Gasteiger partial charge in [0.05, 0.1) is 0 Å². The highest BCUT2D eigenvalue weighted by atomic mass is 14.4. The summed E-state index contributed by atoms with van der Waals surface area (Å²) in [6.45, 7) is 10.1. The van der Waals surface area contributed by atoms with Gasteiger partial charge in [-0.2, -0.15) is 0 Å². The van der Waals surface area contributed by atoms with Crippen LogP contribution in [0.15, 0.2) is 0 Å². The van der Waals surface area contributed by atoms with Gasteiger partial charge in [0.25, 0.3) is 0 Å². The van der Waals surface area contributed by atoms with E-state index < -0.39 is 0 Å². The maximum absolute atomic E-state index is 2.55. The highest BCUT2D eigenvalue weighted by molar-refractivity contribution is 4.84. The Hall–Kier alpha value is 0. The second-order valence-electron chi connectivity index (χ2n) is 7.68. The van der Waals surface area contributed by atoms with Crippen LogP contribution in [0.4, 0.5) is 0 Å². The van der Waals surface area contributed by atoms with E-state index in [1.807, 2.05) is 0 Å². The molecule has 0 amide bonds. The highest BCUT2D eigenvalue weighted by Crippen LogP contribution is 2.44. The molecule has 2 fully saturated rings. The minimum atomic E-state index is 0.949. The summed E-state index contributed by atoms with van der Waals surface area (Å²) in [5, 5.41) is 0. The lowest BCUT2D eigenvalue weighted by Crippen LogP contribution is -2.25. The van der Waals surface area contributed by atoms with Gasteiger partial charge in [0.2, 0.25) is 0 Å². The fourth-order valence-corrected chi connectivity index (χ4v) is 4.67. The van der Waals surface area contributed by atoms with Crippen LogP contribution in [0, 0.1) is 35.5 Å². The minimum absolute atomic E-state index is 0.949. The van der Waals surface area contributed by atoms with Crippen molar-refractivity contribution in [2.24, 2.45) is 35.5 Å². The SMILES string of the molecule is C[C@@H]1CC[C@H](C)[C@@H]2CCCC[C@H](C)C2CC[C@@H]1C. The van der Waals surface area contributed by atoms with Crippen molar-refractivity contribution in [3.63, 3.8) is 0 Å². The third-order valence-corrected chi connectivity index (χ3v) is 6.46. The molecule has 0 aliphatic heterocycles. The summed E-state index contributed by atoms with van der Waals surface area (Å²) in [6, 6.07) is 0. The Morgan fingerprint density at radius 3 is 1.61 bits per heavy atom. The molecular formula is C18H34. The molecular weight excluding hydrogens is 216 g/mol. The molecule has 0 saturated heterocycles. The summed E-state index contributed by atoms with van der Waals surface area (Å²) in [4.78, 5) is 0. The van der Waals surface area contributed by atoms with Crippen molar-refractivity contribution >= 4 is 0 Å². The van der Waals surface area contributed by atoms with E-state index in [4.69, 9.17) is 0 Å². The summed E-state index contributed by atoms with van der Waals surface area (Å²) < 4.78 is 0. The molecule has 2 saturated carbocycles. The molecule has 0 heteroatoms. The zero-order chi connectivity index (χ0) is 13.1. The smallest absolute Gasteiger partial charge is 0.0357 e. The van der Waals surface area contributed by atoms with Gasteiger partial charge in [0, 0.05) is 0 Å². The van der Waals surface area contributed by atoms with E-state index in [2.05, 4.69) is 27.7 Å². The van der Waals surface area contributed by atoms with Crippen molar-refractivity contribution < 1.29 is 0 Å². The van der Waals surface area contributed by atoms with Gasteiger partial charge in [0.1, 0.15) is 0 Å². The van der Waals surface area contributed by atoms with Crippen molar-refractivity contribution in [2.45, 2.75) is 79.1 Å². The van der Waals surface area contributed by atoms with Crippen LogP contribution in [-0.4, -0.2) is 0 Å². The first kappa shape index (κ1) is 14.4. The summed E-state index contributed by atoms with van der Waals surface area (Å²) in [5.74, 6) is 5.94. The normalized spacial score (nSPS) is 47.3. The molecule has 0 radical (unpaired) electrons. The van der Waals surface area contributed by atoms with Crippen molar-refractivity contribution in [1.82, 2.24) is 0 Å². The quantitative estimate of drug-likeness (QED) is 0.501. The highest BCUT2D eigenvalue weighted by Gasteiger charge is 2.34. The minimum Gasteiger partial charge on any atom is -0.0623 e. The van der Waals surface area contributed by atoms with Crippen LogP contribution in [0.3, 0.4) is 0 Å².